The van der Waals surface area contributed by atoms with Crippen molar-refractivity contribution in [1.82, 2.24) is 41.3 Å². The Labute approximate surface area is 484 Å². The third kappa shape index (κ3) is 23.9. The van der Waals surface area contributed by atoms with Gasteiger partial charge in [0.2, 0.25) is 47.3 Å². The molecule has 0 aromatic heterocycles. The van der Waals surface area contributed by atoms with Crippen LogP contribution in [0.15, 0.2) is 20.0 Å². The van der Waals surface area contributed by atoms with Gasteiger partial charge in [-0.05, 0) is 128 Å². The minimum absolute atomic E-state index is 0.0152. The fraction of sp³-hybridized carbons (Fsp3) is 0.745. The van der Waals surface area contributed by atoms with Crippen molar-refractivity contribution < 1.29 is 48.3 Å². The zero-order valence-corrected chi connectivity index (χ0v) is 48.2. The van der Waals surface area contributed by atoms with Crippen molar-refractivity contribution in [2.45, 2.75) is 184 Å². The normalized spacial score (nSPS) is 18.8. The Morgan fingerprint density at radius 2 is 0.843 bits per heavy atom. The second-order valence-corrected chi connectivity index (χ2v) is 21.5. The molecule has 3 aliphatic heterocycles. The van der Waals surface area contributed by atoms with Crippen LogP contribution in [-0.4, -0.2) is 204 Å². The molecule has 0 aromatic rings. The van der Waals surface area contributed by atoms with Crippen LogP contribution < -0.4 is 83.9 Å². The van der Waals surface area contributed by atoms with Crippen LogP contribution in [0.5, 0.6) is 0 Å². The zero-order valence-electron chi connectivity index (χ0n) is 48.2. The molecular weight excluding hydrogens is 1080 g/mol. The van der Waals surface area contributed by atoms with E-state index >= 15 is 0 Å². The predicted molar refractivity (Wildman–Crippen MR) is 311 cm³/mol. The Hall–Kier alpha value is -7.77. The molecule has 468 valence electrons. The Kier molecular flexibility index (Phi) is 30.1. The number of nitrogens with zero attached hydrogens (tertiary/aromatic N) is 7. The summed E-state index contributed by atoms with van der Waals surface area (Å²) in [7, 11) is 0. The fourth-order valence-corrected chi connectivity index (χ4v) is 10.2. The number of rotatable bonds is 36. The van der Waals surface area contributed by atoms with Crippen molar-refractivity contribution in [1.29, 1.82) is 0 Å². The van der Waals surface area contributed by atoms with Crippen molar-refractivity contribution >= 4 is 77.1 Å². The maximum atomic E-state index is 14.7. The summed E-state index contributed by atoms with van der Waals surface area (Å²) in [6.45, 7) is 5.13. The van der Waals surface area contributed by atoms with Crippen LogP contribution in [0.25, 0.3) is 0 Å². The number of carboxylic acid groups (broad SMARTS) is 1. The highest BCUT2D eigenvalue weighted by Crippen LogP contribution is 2.28. The summed E-state index contributed by atoms with van der Waals surface area (Å²) in [5, 5.41) is 23.6. The average molecular weight is 1180 g/mol. The van der Waals surface area contributed by atoms with E-state index in [2.05, 4.69) is 46.6 Å². The number of amides is 8. The lowest BCUT2D eigenvalue weighted by Gasteiger charge is -2.34. The van der Waals surface area contributed by atoms with Crippen LogP contribution in [0.4, 0.5) is 0 Å². The summed E-state index contributed by atoms with van der Waals surface area (Å²) in [6, 6.07) is -10.1. The molecule has 9 atom stereocenters. The van der Waals surface area contributed by atoms with Crippen LogP contribution in [0.1, 0.15) is 129 Å². The van der Waals surface area contributed by atoms with E-state index in [1.54, 1.807) is 0 Å². The molecule has 3 fully saturated rings. The Morgan fingerprint density at radius 3 is 1.33 bits per heavy atom. The van der Waals surface area contributed by atoms with Crippen molar-refractivity contribution in [3.05, 3.63) is 0 Å². The van der Waals surface area contributed by atoms with Crippen LogP contribution in [0.2, 0.25) is 0 Å². The molecule has 32 heteroatoms. The second-order valence-electron chi connectivity index (χ2n) is 21.5. The van der Waals surface area contributed by atoms with Crippen molar-refractivity contribution in [3.8, 4) is 0 Å². The van der Waals surface area contributed by atoms with E-state index in [9.17, 15) is 48.3 Å². The number of aliphatic imine (C=N–C) groups is 4. The minimum atomic E-state index is -1.36. The lowest BCUT2D eigenvalue weighted by atomic mass is 10.0. The Balaban J connectivity index is 1.84. The molecule has 3 aliphatic rings. The largest absolute Gasteiger partial charge is 0.480 e. The molecule has 0 bridgehead atoms. The van der Waals surface area contributed by atoms with Crippen molar-refractivity contribution in [3.63, 3.8) is 0 Å². The number of unbranched alkanes of at least 4 members (excludes halogenated alkanes) is 1. The highest BCUT2D eigenvalue weighted by Gasteiger charge is 2.46. The number of nitrogens with two attached hydrogens (primary N) is 10. The summed E-state index contributed by atoms with van der Waals surface area (Å²) in [4.78, 5) is 146. The number of hydrogen-bond donors (Lipinski definition) is 16. The molecule has 32 nitrogen and oxygen atoms in total. The first kappa shape index (κ1) is 69.5. The number of aliphatic carboxylic acids is 1. The second kappa shape index (κ2) is 35.9. The fourth-order valence-electron chi connectivity index (χ4n) is 10.2. The monoisotopic (exact) mass is 1170 g/mol. The van der Waals surface area contributed by atoms with Crippen molar-refractivity contribution in [2.75, 3.05) is 52.4 Å². The van der Waals surface area contributed by atoms with E-state index in [0.29, 0.717) is 45.1 Å². The van der Waals surface area contributed by atoms with Gasteiger partial charge in [0.1, 0.15) is 48.3 Å². The van der Waals surface area contributed by atoms with Gasteiger partial charge in [0, 0.05) is 45.8 Å². The molecule has 0 unspecified atom stereocenters. The summed E-state index contributed by atoms with van der Waals surface area (Å²) < 4.78 is 0. The number of carboxylic acids is 1. The highest BCUT2D eigenvalue weighted by atomic mass is 16.4. The van der Waals surface area contributed by atoms with Gasteiger partial charge in [0.15, 0.2) is 23.8 Å². The summed E-state index contributed by atoms with van der Waals surface area (Å²) >= 11 is 0. The Morgan fingerprint density at radius 1 is 0.470 bits per heavy atom. The topological polar surface area (TPSA) is 553 Å². The lowest BCUT2D eigenvalue weighted by molar-refractivity contribution is -0.148. The highest BCUT2D eigenvalue weighted by molar-refractivity contribution is 5.99. The van der Waals surface area contributed by atoms with Gasteiger partial charge in [-0.25, -0.2) is 4.79 Å². The molecule has 8 amide bonds. The zero-order chi connectivity index (χ0) is 61.8. The third-order valence-corrected chi connectivity index (χ3v) is 14.4. The predicted octanol–water partition coefficient (Wildman–Crippen LogP) is -5.82. The number of guanidine groups is 4. The first-order chi connectivity index (χ1) is 39.4. The first-order valence-corrected chi connectivity index (χ1v) is 28.7. The molecule has 3 rings (SSSR count). The maximum Gasteiger partial charge on any atom is 0.326 e. The molecular formula is C51H94N22O10. The van der Waals surface area contributed by atoms with E-state index in [1.807, 2.05) is 13.8 Å². The molecule has 0 saturated carbocycles. The summed E-state index contributed by atoms with van der Waals surface area (Å²) in [6.07, 6.45) is 4.67. The average Bonchev–Trinajstić information content (AvgIpc) is 4.31. The van der Waals surface area contributed by atoms with Crippen LogP contribution in [0, 0.1) is 5.92 Å². The standard InChI is InChI=1S/C51H94N22O10/c1-29(2)28-35(70-41(76)31(13-3-4-20-52)66-39(74)30(53)12-5-21-62-48(54)55)45(80)73-27-11-19-38(73)46(81)72-26-10-18-37(72)43(78)68-33(15-7-23-64-50(58)59)44(79)71-25-9-17-36(71)42(77)67-32(14-6-22-63-49(56)57)40(75)69-34(47(82)83)16-8-24-65-51(60)61/h29-38H,3-28,52-53H2,1-2H3,(H,66,74)(H,67,77)(H,68,78)(H,69,75)(H,70,76)(H,82,83)(H4,54,55,62)(H4,56,57,63)(H4,58,59,64)(H4,60,61,65)/t30-,31-,32-,33-,34-,35-,36-,37-,38-/m0/s1. The lowest BCUT2D eigenvalue weighted by Crippen LogP contribution is -2.60. The van der Waals surface area contributed by atoms with E-state index in [1.165, 1.54) is 14.7 Å². The van der Waals surface area contributed by atoms with E-state index < -0.39 is 108 Å². The molecule has 0 aliphatic carbocycles. The van der Waals surface area contributed by atoms with E-state index in [4.69, 9.17) is 57.3 Å². The van der Waals surface area contributed by atoms with Gasteiger partial charge in [-0.3, -0.25) is 58.3 Å². The van der Waals surface area contributed by atoms with Crippen LogP contribution >= 0.6 is 0 Å². The summed E-state index contributed by atoms with van der Waals surface area (Å²) in [5.74, 6) is -7.01. The minimum Gasteiger partial charge on any atom is -0.480 e. The van der Waals surface area contributed by atoms with Gasteiger partial charge in [-0.1, -0.05) is 13.8 Å². The molecule has 0 aromatic carbocycles. The smallest absolute Gasteiger partial charge is 0.326 e. The molecule has 0 spiro atoms. The van der Waals surface area contributed by atoms with Gasteiger partial charge < -0.3 is 104 Å². The SMILES string of the molecule is CC(C)C[C@H](NC(=O)[C@H](CCCCN)NC(=O)[C@@H](N)CCCN=C(N)N)C(=O)N1CCC[C@H]1C(=O)N1CCC[C@H]1C(=O)N[C@@H](CCCN=C(N)N)C(=O)N1CCC[C@H]1C(=O)N[C@@H](CCCN=C(N)N)C(=O)N[C@@H](CCCN=C(N)N)C(=O)O. The molecule has 3 saturated heterocycles. The van der Waals surface area contributed by atoms with Crippen LogP contribution in [0.3, 0.4) is 0 Å². The molecule has 26 N–H and O–H groups in total. The van der Waals surface area contributed by atoms with Gasteiger partial charge in [0.25, 0.3) is 0 Å². The number of nitrogens with one attached hydrogen (secondary N) is 5. The van der Waals surface area contributed by atoms with Gasteiger partial charge in [0.05, 0.1) is 6.04 Å². The summed E-state index contributed by atoms with van der Waals surface area (Å²) in [5.41, 5.74) is 55.6. The first-order valence-electron chi connectivity index (χ1n) is 28.7. The number of carbonyl (C=O) groups excluding carboxylic acids is 8. The third-order valence-electron chi connectivity index (χ3n) is 14.4. The van der Waals surface area contributed by atoms with Gasteiger partial charge in [-0.15, -0.1) is 0 Å². The van der Waals surface area contributed by atoms with Gasteiger partial charge in [-0.2, -0.15) is 0 Å². The number of carbonyl (C=O) groups is 9. The van der Waals surface area contributed by atoms with Crippen molar-refractivity contribution in [2.24, 2.45) is 83.2 Å². The molecule has 3 heterocycles. The number of likely N-dealkylation sites (tertiary alicyclic amines) is 3. The number of hydrogen-bond acceptors (Lipinski definition) is 15. The van der Waals surface area contributed by atoms with Gasteiger partial charge >= 0.3 is 5.97 Å². The van der Waals surface area contributed by atoms with Crippen LogP contribution in [-0.2, 0) is 43.2 Å². The quantitative estimate of drug-likeness (QED) is 0.0158. The molecule has 83 heavy (non-hydrogen) atoms. The van der Waals surface area contributed by atoms with E-state index in [-0.39, 0.29) is 153 Å². The Bertz CT molecular complexity index is 2300. The maximum absolute atomic E-state index is 14.7. The molecule has 0 radical (unpaired) electrons. The van der Waals surface area contributed by atoms with E-state index in [0.717, 1.165) is 0 Å².